The standard InChI is InChI=1S/C30H44N4O7/c1-30(2)29(37)33(11-4-12-38-3)25-16-23(7-8-26(25)41-30)34(22-5-6-22)28(36)20-15-21(18-31-17-20)32-27(35)19-40-24-9-13-39-14-10-24/h7-8,16,20-22,24,31H,4-6,9-15,17-19H2,1-3H3,(H,32,35)/t20?,21-/m0/s1. The predicted octanol–water partition coefficient (Wildman–Crippen LogP) is 2.01. The highest BCUT2D eigenvalue weighted by Gasteiger charge is 2.43. The zero-order valence-electron chi connectivity index (χ0n) is 24.5. The molecular weight excluding hydrogens is 528 g/mol. The molecule has 5 rings (SSSR count). The molecule has 0 radical (unpaired) electrons. The minimum absolute atomic E-state index is 0.0155. The van der Waals surface area contributed by atoms with Crippen LogP contribution in [0.4, 0.5) is 11.4 Å². The summed E-state index contributed by atoms with van der Waals surface area (Å²) in [6.45, 7) is 7.10. The molecule has 11 nitrogen and oxygen atoms in total. The Hall–Kier alpha value is -2.73. The Morgan fingerprint density at radius 1 is 1.17 bits per heavy atom. The second kappa shape index (κ2) is 13.1. The first-order chi connectivity index (χ1) is 19.8. The smallest absolute Gasteiger partial charge is 0.270 e. The molecule has 41 heavy (non-hydrogen) atoms. The lowest BCUT2D eigenvalue weighted by molar-refractivity contribution is -0.132. The number of carbonyl (C=O) groups is 3. The van der Waals surface area contributed by atoms with E-state index < -0.39 is 5.60 Å². The topological polar surface area (TPSA) is 119 Å². The fraction of sp³-hybridized carbons (Fsp3) is 0.700. The lowest BCUT2D eigenvalue weighted by atomic mass is 9.93. The number of ether oxygens (including phenoxy) is 4. The second-order valence-corrected chi connectivity index (χ2v) is 12.0. The number of piperidine rings is 1. The molecule has 1 aromatic rings. The van der Waals surface area contributed by atoms with Crippen LogP contribution >= 0.6 is 0 Å². The number of hydrogen-bond donors (Lipinski definition) is 2. The highest BCUT2D eigenvalue weighted by Crippen LogP contribution is 2.42. The number of amides is 3. The number of carbonyl (C=O) groups excluding carboxylic acids is 3. The Morgan fingerprint density at radius 2 is 1.95 bits per heavy atom. The molecule has 2 atom stereocenters. The van der Waals surface area contributed by atoms with Crippen molar-refractivity contribution in [3.8, 4) is 5.75 Å². The fourth-order valence-electron chi connectivity index (χ4n) is 5.89. The molecule has 3 heterocycles. The van der Waals surface area contributed by atoms with Crippen LogP contribution in [0.3, 0.4) is 0 Å². The van der Waals surface area contributed by atoms with E-state index >= 15 is 0 Å². The summed E-state index contributed by atoms with van der Waals surface area (Å²) in [5.74, 6) is 0.108. The van der Waals surface area contributed by atoms with Gasteiger partial charge in [-0.15, -0.1) is 0 Å². The van der Waals surface area contributed by atoms with Crippen molar-refractivity contribution in [2.45, 2.75) is 76.2 Å². The molecular formula is C30H44N4O7. The first kappa shape index (κ1) is 29.8. The fourth-order valence-corrected chi connectivity index (χ4v) is 5.89. The van der Waals surface area contributed by atoms with E-state index in [1.807, 2.05) is 23.1 Å². The number of benzene rings is 1. The summed E-state index contributed by atoms with van der Waals surface area (Å²) in [7, 11) is 1.65. The van der Waals surface area contributed by atoms with Crippen molar-refractivity contribution < 1.29 is 33.3 Å². The Morgan fingerprint density at radius 3 is 2.68 bits per heavy atom. The summed E-state index contributed by atoms with van der Waals surface area (Å²) in [5.41, 5.74) is 0.467. The number of nitrogens with one attached hydrogen (secondary N) is 2. The van der Waals surface area contributed by atoms with Crippen molar-refractivity contribution in [1.29, 1.82) is 0 Å². The summed E-state index contributed by atoms with van der Waals surface area (Å²) in [6, 6.07) is 5.66. The van der Waals surface area contributed by atoms with Crippen LogP contribution in [0.25, 0.3) is 0 Å². The van der Waals surface area contributed by atoms with Crippen LogP contribution in [-0.2, 0) is 28.6 Å². The summed E-state index contributed by atoms with van der Waals surface area (Å²) in [6.07, 6.45) is 4.78. The van der Waals surface area contributed by atoms with E-state index in [0.29, 0.717) is 63.7 Å². The van der Waals surface area contributed by atoms with Crippen LogP contribution in [0.2, 0.25) is 0 Å². The third-order valence-electron chi connectivity index (χ3n) is 8.20. The Kier molecular flexibility index (Phi) is 9.48. The first-order valence-corrected chi connectivity index (χ1v) is 14.9. The average Bonchev–Trinajstić information content (AvgIpc) is 3.80. The molecule has 3 fully saturated rings. The van der Waals surface area contributed by atoms with E-state index in [1.54, 1.807) is 25.9 Å². The molecule has 2 N–H and O–H groups in total. The van der Waals surface area contributed by atoms with Gasteiger partial charge in [0.2, 0.25) is 11.8 Å². The number of hydrogen-bond acceptors (Lipinski definition) is 8. The molecule has 0 aromatic heterocycles. The first-order valence-electron chi connectivity index (χ1n) is 14.9. The maximum atomic E-state index is 14.0. The molecule has 1 aliphatic carbocycles. The summed E-state index contributed by atoms with van der Waals surface area (Å²) < 4.78 is 22.4. The summed E-state index contributed by atoms with van der Waals surface area (Å²) in [5, 5.41) is 6.39. The number of methoxy groups -OCH3 is 1. The predicted molar refractivity (Wildman–Crippen MR) is 153 cm³/mol. The normalized spacial score (nSPS) is 24.4. The SMILES string of the molecule is COCCCN1C(=O)C(C)(C)Oc2ccc(N(C(=O)C3CNC[C@@H](NC(=O)COC4CCOCC4)C3)C3CC3)cc21. The maximum absolute atomic E-state index is 14.0. The summed E-state index contributed by atoms with van der Waals surface area (Å²) >= 11 is 0. The van der Waals surface area contributed by atoms with E-state index in [2.05, 4.69) is 10.6 Å². The molecule has 1 aromatic carbocycles. The van der Waals surface area contributed by atoms with Gasteiger partial charge in [0.15, 0.2) is 5.60 Å². The van der Waals surface area contributed by atoms with Gasteiger partial charge in [0.25, 0.3) is 5.91 Å². The van der Waals surface area contributed by atoms with Gasteiger partial charge in [0.05, 0.1) is 17.7 Å². The molecule has 3 aliphatic heterocycles. The zero-order valence-corrected chi connectivity index (χ0v) is 24.5. The third-order valence-corrected chi connectivity index (χ3v) is 8.20. The Labute approximate surface area is 242 Å². The van der Waals surface area contributed by atoms with Crippen molar-refractivity contribution in [3.05, 3.63) is 18.2 Å². The number of fused-ring (bicyclic) bond motifs is 1. The highest BCUT2D eigenvalue weighted by atomic mass is 16.5. The van der Waals surface area contributed by atoms with Crippen LogP contribution in [0, 0.1) is 5.92 Å². The molecule has 0 bridgehead atoms. The lowest BCUT2D eigenvalue weighted by Gasteiger charge is -2.40. The van der Waals surface area contributed by atoms with Crippen molar-refractivity contribution >= 4 is 29.1 Å². The molecule has 1 saturated carbocycles. The van der Waals surface area contributed by atoms with Crippen molar-refractivity contribution in [3.63, 3.8) is 0 Å². The van der Waals surface area contributed by atoms with Crippen molar-refractivity contribution in [1.82, 2.24) is 10.6 Å². The molecule has 11 heteroatoms. The van der Waals surface area contributed by atoms with Gasteiger partial charge in [-0.2, -0.15) is 0 Å². The molecule has 4 aliphatic rings. The second-order valence-electron chi connectivity index (χ2n) is 12.0. The van der Waals surface area contributed by atoms with E-state index in [0.717, 1.165) is 31.4 Å². The quantitative estimate of drug-likeness (QED) is 0.387. The van der Waals surface area contributed by atoms with Crippen molar-refractivity contribution in [2.75, 3.05) is 63.0 Å². The highest BCUT2D eigenvalue weighted by molar-refractivity contribution is 6.04. The molecule has 226 valence electrons. The average molecular weight is 573 g/mol. The minimum atomic E-state index is -0.976. The minimum Gasteiger partial charge on any atom is -0.476 e. The van der Waals surface area contributed by atoms with Gasteiger partial charge in [0, 0.05) is 64.3 Å². The van der Waals surface area contributed by atoms with Crippen LogP contribution < -0.4 is 25.2 Å². The molecule has 1 unspecified atom stereocenters. The zero-order chi connectivity index (χ0) is 29.0. The van der Waals surface area contributed by atoms with Crippen LogP contribution in [0.15, 0.2) is 18.2 Å². The third kappa shape index (κ3) is 7.20. The Balaban J connectivity index is 1.26. The largest absolute Gasteiger partial charge is 0.476 e. The van der Waals surface area contributed by atoms with Gasteiger partial charge >= 0.3 is 0 Å². The van der Waals surface area contributed by atoms with Crippen LogP contribution in [0.1, 0.15) is 52.4 Å². The maximum Gasteiger partial charge on any atom is 0.270 e. The molecule has 0 spiro atoms. The lowest BCUT2D eigenvalue weighted by Crippen LogP contribution is -2.54. The van der Waals surface area contributed by atoms with Gasteiger partial charge in [0.1, 0.15) is 12.4 Å². The van der Waals surface area contributed by atoms with E-state index in [4.69, 9.17) is 18.9 Å². The molecule has 3 amide bonds. The Bertz CT molecular complexity index is 1100. The van der Waals surface area contributed by atoms with E-state index in [9.17, 15) is 14.4 Å². The van der Waals surface area contributed by atoms with E-state index in [-0.39, 0.29) is 48.4 Å². The number of anilines is 2. The van der Waals surface area contributed by atoms with Gasteiger partial charge < -0.3 is 39.4 Å². The van der Waals surface area contributed by atoms with Crippen molar-refractivity contribution in [2.24, 2.45) is 5.92 Å². The number of rotatable bonds is 11. The van der Waals surface area contributed by atoms with Crippen LogP contribution in [-0.4, -0.2) is 94.7 Å². The van der Waals surface area contributed by atoms with Gasteiger partial charge in [-0.1, -0.05) is 0 Å². The van der Waals surface area contributed by atoms with Gasteiger partial charge in [-0.3, -0.25) is 14.4 Å². The molecule has 2 saturated heterocycles. The van der Waals surface area contributed by atoms with Crippen LogP contribution in [0.5, 0.6) is 5.75 Å². The monoisotopic (exact) mass is 572 g/mol. The van der Waals surface area contributed by atoms with E-state index in [1.165, 1.54) is 0 Å². The summed E-state index contributed by atoms with van der Waals surface area (Å²) in [4.78, 5) is 43.5. The number of nitrogens with zero attached hydrogens (tertiary/aromatic N) is 2. The van der Waals surface area contributed by atoms with Gasteiger partial charge in [-0.25, -0.2) is 0 Å². The van der Waals surface area contributed by atoms with Gasteiger partial charge in [-0.05, 0) is 70.6 Å².